The Kier molecular flexibility index (Phi) is 2.57. The van der Waals surface area contributed by atoms with Crippen molar-refractivity contribution in [2.45, 2.75) is 51.5 Å². The quantitative estimate of drug-likeness (QED) is 0.887. The zero-order valence-corrected chi connectivity index (χ0v) is 12.1. The van der Waals surface area contributed by atoms with Crippen LogP contribution >= 0.6 is 0 Å². The first-order chi connectivity index (χ1) is 9.17. The molecule has 0 saturated heterocycles. The van der Waals surface area contributed by atoms with E-state index in [0.717, 1.165) is 35.3 Å². The highest BCUT2D eigenvalue weighted by Gasteiger charge is 2.50. The number of hydrogen-bond donors (Lipinski definition) is 1. The third-order valence-electron chi connectivity index (χ3n) is 6.14. The normalized spacial score (nSPS) is 40.1. The number of hydrogen-bond acceptors (Lipinski definition) is 2. The Morgan fingerprint density at radius 3 is 2.21 bits per heavy atom. The van der Waals surface area contributed by atoms with Crippen LogP contribution in [-0.4, -0.2) is 9.78 Å². The van der Waals surface area contributed by atoms with Crippen LogP contribution in [0.5, 0.6) is 0 Å². The summed E-state index contributed by atoms with van der Waals surface area (Å²) in [6, 6.07) is 0. The monoisotopic (exact) mass is 259 g/mol. The molecule has 4 saturated carbocycles. The van der Waals surface area contributed by atoms with E-state index in [1.807, 2.05) is 0 Å². The van der Waals surface area contributed by atoms with Gasteiger partial charge in [0, 0.05) is 30.8 Å². The molecule has 4 aliphatic rings. The van der Waals surface area contributed by atoms with Gasteiger partial charge in [0.15, 0.2) is 0 Å². The number of nitrogens with two attached hydrogens (primary N) is 1. The summed E-state index contributed by atoms with van der Waals surface area (Å²) >= 11 is 0. The van der Waals surface area contributed by atoms with Crippen LogP contribution in [0.1, 0.15) is 55.0 Å². The minimum absolute atomic E-state index is 0.651. The molecule has 19 heavy (non-hydrogen) atoms. The van der Waals surface area contributed by atoms with Gasteiger partial charge in [0.2, 0.25) is 0 Å². The average Bonchev–Trinajstić information content (AvgIpc) is 2.63. The van der Waals surface area contributed by atoms with Gasteiger partial charge >= 0.3 is 0 Å². The molecule has 0 amide bonds. The molecule has 4 bridgehead atoms. The van der Waals surface area contributed by atoms with Crippen LogP contribution in [0.25, 0.3) is 0 Å². The van der Waals surface area contributed by atoms with Gasteiger partial charge in [-0.1, -0.05) is 0 Å². The zero-order chi connectivity index (χ0) is 13.1. The smallest absolute Gasteiger partial charge is 0.0641 e. The second-order valence-corrected chi connectivity index (χ2v) is 7.23. The van der Waals surface area contributed by atoms with Gasteiger partial charge in [-0.25, -0.2) is 0 Å². The van der Waals surface area contributed by atoms with Gasteiger partial charge in [0.1, 0.15) is 0 Å². The summed E-state index contributed by atoms with van der Waals surface area (Å²) in [5.74, 6) is 4.65. The molecule has 4 aliphatic carbocycles. The number of aryl methyl sites for hydroxylation is 2. The second-order valence-electron chi connectivity index (χ2n) is 7.23. The fourth-order valence-corrected chi connectivity index (χ4v) is 5.76. The van der Waals surface area contributed by atoms with Gasteiger partial charge in [-0.3, -0.25) is 4.68 Å². The van der Waals surface area contributed by atoms with E-state index in [9.17, 15) is 0 Å². The first kappa shape index (κ1) is 12.0. The molecule has 4 fully saturated rings. The maximum atomic E-state index is 6.00. The Morgan fingerprint density at radius 1 is 1.11 bits per heavy atom. The van der Waals surface area contributed by atoms with Crippen molar-refractivity contribution in [3.05, 3.63) is 17.0 Å². The third-order valence-corrected chi connectivity index (χ3v) is 6.14. The van der Waals surface area contributed by atoms with Gasteiger partial charge in [-0.15, -0.1) is 0 Å². The number of nitrogens with zero attached hydrogens (tertiary/aromatic N) is 2. The van der Waals surface area contributed by atoms with Crippen molar-refractivity contribution in [3.63, 3.8) is 0 Å². The Balaban J connectivity index is 1.77. The van der Waals surface area contributed by atoms with E-state index >= 15 is 0 Å². The van der Waals surface area contributed by atoms with Crippen LogP contribution in [0.3, 0.4) is 0 Å². The maximum absolute atomic E-state index is 6.00. The Morgan fingerprint density at radius 2 is 1.68 bits per heavy atom. The highest BCUT2D eigenvalue weighted by atomic mass is 15.3. The van der Waals surface area contributed by atoms with Crippen LogP contribution in [0.15, 0.2) is 0 Å². The first-order valence-electron chi connectivity index (χ1n) is 7.89. The lowest BCUT2D eigenvalue weighted by atomic mass is 9.51. The summed E-state index contributed by atoms with van der Waals surface area (Å²) in [6.45, 7) is 2.76. The Hall–Kier alpha value is -0.830. The molecular formula is C16H25N3. The molecule has 3 nitrogen and oxygen atoms in total. The highest BCUT2D eigenvalue weighted by Crippen LogP contribution is 2.60. The summed E-state index contributed by atoms with van der Waals surface area (Å²) in [7, 11) is 2.12. The summed E-state index contributed by atoms with van der Waals surface area (Å²) in [6.07, 6.45) is 7.38. The van der Waals surface area contributed by atoms with Crippen molar-refractivity contribution in [1.29, 1.82) is 0 Å². The summed E-state index contributed by atoms with van der Waals surface area (Å²) in [4.78, 5) is 0. The van der Waals surface area contributed by atoms with E-state index in [1.165, 1.54) is 43.4 Å². The van der Waals surface area contributed by atoms with Crippen LogP contribution in [0.2, 0.25) is 0 Å². The minimum atomic E-state index is 0.651. The average molecular weight is 259 g/mol. The fraction of sp³-hybridized carbons (Fsp3) is 0.812. The van der Waals surface area contributed by atoms with Crippen molar-refractivity contribution in [2.75, 3.05) is 0 Å². The van der Waals surface area contributed by atoms with E-state index < -0.39 is 0 Å². The molecule has 2 N–H and O–H groups in total. The van der Waals surface area contributed by atoms with Gasteiger partial charge in [-0.2, -0.15) is 5.10 Å². The van der Waals surface area contributed by atoms with E-state index in [2.05, 4.69) is 23.8 Å². The highest BCUT2D eigenvalue weighted by molar-refractivity contribution is 5.31. The van der Waals surface area contributed by atoms with Crippen LogP contribution in [0.4, 0.5) is 0 Å². The predicted molar refractivity (Wildman–Crippen MR) is 75.6 cm³/mol. The standard InChI is InChI=1S/C16H25N3/c1-9-14(8-17)16(19(2)18-9)15-12-4-10-3-11(6-12)7-13(15)5-10/h10-13,15H,3-8,17H2,1-2H3. The van der Waals surface area contributed by atoms with Gasteiger partial charge in [0.25, 0.3) is 0 Å². The molecule has 3 heteroatoms. The molecule has 0 unspecified atom stereocenters. The van der Waals surface area contributed by atoms with Crippen LogP contribution < -0.4 is 5.73 Å². The molecule has 0 atom stereocenters. The summed E-state index contributed by atoms with van der Waals surface area (Å²) in [5.41, 5.74) is 9.97. The zero-order valence-electron chi connectivity index (χ0n) is 12.1. The van der Waals surface area contributed by atoms with E-state index in [-0.39, 0.29) is 0 Å². The van der Waals surface area contributed by atoms with Gasteiger partial charge < -0.3 is 5.73 Å². The fourth-order valence-electron chi connectivity index (χ4n) is 5.76. The lowest BCUT2D eigenvalue weighted by Crippen LogP contribution is -2.44. The van der Waals surface area contributed by atoms with Gasteiger partial charge in [-0.05, 0) is 62.7 Å². The van der Waals surface area contributed by atoms with Crippen molar-refractivity contribution in [1.82, 2.24) is 9.78 Å². The number of aromatic nitrogens is 2. The summed E-state index contributed by atoms with van der Waals surface area (Å²) < 4.78 is 2.14. The van der Waals surface area contributed by atoms with Gasteiger partial charge in [0.05, 0.1) is 5.69 Å². The van der Waals surface area contributed by atoms with Crippen molar-refractivity contribution in [2.24, 2.45) is 36.5 Å². The van der Waals surface area contributed by atoms with E-state index in [1.54, 1.807) is 0 Å². The Bertz CT molecular complexity index is 474. The topological polar surface area (TPSA) is 43.8 Å². The number of rotatable bonds is 2. The van der Waals surface area contributed by atoms with Crippen molar-refractivity contribution >= 4 is 0 Å². The van der Waals surface area contributed by atoms with E-state index in [0.29, 0.717) is 6.54 Å². The maximum Gasteiger partial charge on any atom is 0.0641 e. The largest absolute Gasteiger partial charge is 0.326 e. The SMILES string of the molecule is Cc1nn(C)c(C2C3CC4CC(C3)CC2C4)c1CN. The van der Waals surface area contributed by atoms with Crippen LogP contribution in [0, 0.1) is 30.6 Å². The second kappa shape index (κ2) is 4.08. The first-order valence-corrected chi connectivity index (χ1v) is 7.89. The lowest BCUT2D eigenvalue weighted by molar-refractivity contribution is -0.00562. The van der Waals surface area contributed by atoms with Crippen LogP contribution in [-0.2, 0) is 13.6 Å². The van der Waals surface area contributed by atoms with Crippen molar-refractivity contribution in [3.8, 4) is 0 Å². The summed E-state index contributed by atoms with van der Waals surface area (Å²) in [5, 5.41) is 4.65. The molecular weight excluding hydrogens is 234 g/mol. The molecule has 0 aliphatic heterocycles. The lowest BCUT2D eigenvalue weighted by Gasteiger charge is -2.54. The molecule has 1 heterocycles. The minimum Gasteiger partial charge on any atom is -0.326 e. The molecule has 1 aromatic rings. The molecule has 104 valence electrons. The van der Waals surface area contributed by atoms with E-state index in [4.69, 9.17) is 5.73 Å². The predicted octanol–water partition coefficient (Wildman–Crippen LogP) is 2.73. The molecule has 0 aromatic carbocycles. The Labute approximate surface area is 115 Å². The molecule has 5 rings (SSSR count). The molecule has 1 aromatic heterocycles. The molecule has 0 spiro atoms. The third kappa shape index (κ3) is 1.63. The molecule has 0 radical (unpaired) electrons. The van der Waals surface area contributed by atoms with Crippen molar-refractivity contribution < 1.29 is 0 Å².